The maximum absolute atomic E-state index is 11.1. The first kappa shape index (κ1) is 14.0. The zero-order valence-corrected chi connectivity index (χ0v) is 10.6. The molecule has 0 aliphatic rings. The van der Waals surface area contributed by atoms with Crippen molar-refractivity contribution in [1.82, 2.24) is 0 Å². The predicted octanol–water partition coefficient (Wildman–Crippen LogP) is 3.01. The van der Waals surface area contributed by atoms with E-state index >= 15 is 0 Å². The second kappa shape index (κ2) is 7.30. The molecule has 1 unspecified atom stereocenters. The standard InChI is InChI=1S/C13H17ClO3/c1-2-17-8-7-11(13(15)16)9-10-3-5-12(14)6-4-10/h3-6,11H,2,7-9H2,1H3,(H,15,16). The Morgan fingerprint density at radius 1 is 1.41 bits per heavy atom. The Labute approximate surface area is 106 Å². The normalized spacial score (nSPS) is 12.4. The topological polar surface area (TPSA) is 46.5 Å². The smallest absolute Gasteiger partial charge is 0.306 e. The molecule has 17 heavy (non-hydrogen) atoms. The van der Waals surface area contributed by atoms with Gasteiger partial charge in [-0.3, -0.25) is 4.79 Å². The lowest BCUT2D eigenvalue weighted by atomic mass is 9.97. The van der Waals surface area contributed by atoms with Crippen molar-refractivity contribution in [2.75, 3.05) is 13.2 Å². The second-order valence-corrected chi connectivity index (χ2v) is 4.29. The maximum atomic E-state index is 11.1. The van der Waals surface area contributed by atoms with Gasteiger partial charge in [-0.15, -0.1) is 0 Å². The lowest BCUT2D eigenvalue weighted by molar-refractivity contribution is -0.142. The lowest BCUT2D eigenvalue weighted by Gasteiger charge is -2.12. The fourth-order valence-electron chi connectivity index (χ4n) is 1.59. The largest absolute Gasteiger partial charge is 0.481 e. The van der Waals surface area contributed by atoms with Gasteiger partial charge in [0, 0.05) is 18.2 Å². The predicted molar refractivity (Wildman–Crippen MR) is 67.4 cm³/mol. The average molecular weight is 257 g/mol. The van der Waals surface area contributed by atoms with Crippen molar-refractivity contribution in [2.45, 2.75) is 19.8 Å². The average Bonchev–Trinajstić information content (AvgIpc) is 2.30. The Kier molecular flexibility index (Phi) is 6.01. The molecule has 1 rings (SSSR count). The highest BCUT2D eigenvalue weighted by atomic mass is 35.5. The molecule has 1 N–H and O–H groups in total. The molecular weight excluding hydrogens is 240 g/mol. The highest BCUT2D eigenvalue weighted by molar-refractivity contribution is 6.30. The zero-order chi connectivity index (χ0) is 12.7. The summed E-state index contributed by atoms with van der Waals surface area (Å²) < 4.78 is 5.19. The molecule has 3 nitrogen and oxygen atoms in total. The summed E-state index contributed by atoms with van der Waals surface area (Å²) in [4.78, 5) is 11.1. The summed E-state index contributed by atoms with van der Waals surface area (Å²) in [5.41, 5.74) is 0.985. The number of carboxylic acid groups (broad SMARTS) is 1. The SMILES string of the molecule is CCOCCC(Cc1ccc(Cl)cc1)C(=O)O. The fourth-order valence-corrected chi connectivity index (χ4v) is 1.71. The van der Waals surface area contributed by atoms with Gasteiger partial charge in [-0.05, 0) is 37.5 Å². The van der Waals surface area contributed by atoms with E-state index in [1.54, 1.807) is 12.1 Å². The summed E-state index contributed by atoms with van der Waals surface area (Å²) in [6, 6.07) is 7.27. The Balaban J connectivity index is 2.54. The number of hydrogen-bond acceptors (Lipinski definition) is 2. The van der Waals surface area contributed by atoms with Crippen LogP contribution in [0.1, 0.15) is 18.9 Å². The second-order valence-electron chi connectivity index (χ2n) is 3.85. The Bertz CT molecular complexity index is 348. The van der Waals surface area contributed by atoms with Crippen LogP contribution in [0, 0.1) is 5.92 Å². The number of ether oxygens (including phenoxy) is 1. The van der Waals surface area contributed by atoms with Crippen LogP contribution in [0.4, 0.5) is 0 Å². The van der Waals surface area contributed by atoms with Crippen LogP contribution >= 0.6 is 11.6 Å². The summed E-state index contributed by atoms with van der Waals surface area (Å²) in [7, 11) is 0. The molecule has 94 valence electrons. The molecule has 1 atom stereocenters. The molecule has 0 heterocycles. The molecular formula is C13H17ClO3. The van der Waals surface area contributed by atoms with Crippen molar-refractivity contribution in [2.24, 2.45) is 5.92 Å². The number of carboxylic acids is 1. The monoisotopic (exact) mass is 256 g/mol. The van der Waals surface area contributed by atoms with Gasteiger partial charge in [0.25, 0.3) is 0 Å². The van der Waals surface area contributed by atoms with Crippen LogP contribution in [0.2, 0.25) is 5.02 Å². The first-order valence-corrected chi connectivity index (χ1v) is 6.06. The van der Waals surface area contributed by atoms with Crippen LogP contribution in [0.5, 0.6) is 0 Å². The highest BCUT2D eigenvalue weighted by Crippen LogP contribution is 2.16. The van der Waals surface area contributed by atoms with Gasteiger partial charge in [-0.1, -0.05) is 23.7 Å². The molecule has 1 aromatic carbocycles. The van der Waals surface area contributed by atoms with Crippen LogP contribution in [-0.2, 0) is 16.0 Å². The molecule has 0 aliphatic heterocycles. The molecule has 4 heteroatoms. The first-order valence-electron chi connectivity index (χ1n) is 5.68. The molecule has 0 saturated carbocycles. The van der Waals surface area contributed by atoms with Gasteiger partial charge in [-0.25, -0.2) is 0 Å². The van der Waals surface area contributed by atoms with Crippen LogP contribution in [0.25, 0.3) is 0 Å². The van der Waals surface area contributed by atoms with Gasteiger partial charge >= 0.3 is 5.97 Å². The summed E-state index contributed by atoms with van der Waals surface area (Å²) in [5.74, 6) is -1.18. The van der Waals surface area contributed by atoms with Crippen molar-refractivity contribution in [3.63, 3.8) is 0 Å². The van der Waals surface area contributed by atoms with E-state index in [9.17, 15) is 4.79 Å². The van der Waals surface area contributed by atoms with Gasteiger partial charge in [0.05, 0.1) is 5.92 Å². The third kappa shape index (κ3) is 5.20. The number of rotatable bonds is 7. The van der Waals surface area contributed by atoms with Crippen LogP contribution < -0.4 is 0 Å². The van der Waals surface area contributed by atoms with E-state index in [1.807, 2.05) is 19.1 Å². The minimum atomic E-state index is -0.778. The number of carbonyl (C=O) groups is 1. The summed E-state index contributed by atoms with van der Waals surface area (Å²) in [6.45, 7) is 3.00. The summed E-state index contributed by atoms with van der Waals surface area (Å²) in [6.07, 6.45) is 1.05. The minimum Gasteiger partial charge on any atom is -0.481 e. The fraction of sp³-hybridized carbons (Fsp3) is 0.462. The van der Waals surface area contributed by atoms with Crippen molar-refractivity contribution in [3.05, 3.63) is 34.9 Å². The van der Waals surface area contributed by atoms with Crippen molar-refractivity contribution in [3.8, 4) is 0 Å². The summed E-state index contributed by atoms with van der Waals surface area (Å²) >= 11 is 5.78. The van der Waals surface area contributed by atoms with E-state index in [0.717, 1.165) is 5.56 Å². The van der Waals surface area contributed by atoms with E-state index < -0.39 is 11.9 Å². The molecule has 0 radical (unpaired) electrons. The van der Waals surface area contributed by atoms with E-state index in [0.29, 0.717) is 31.1 Å². The van der Waals surface area contributed by atoms with Crippen molar-refractivity contribution in [1.29, 1.82) is 0 Å². The van der Waals surface area contributed by atoms with Gasteiger partial charge < -0.3 is 9.84 Å². The first-order chi connectivity index (χ1) is 8.13. The van der Waals surface area contributed by atoms with Crippen molar-refractivity contribution >= 4 is 17.6 Å². The third-order valence-electron chi connectivity index (χ3n) is 2.56. The van der Waals surface area contributed by atoms with Crippen LogP contribution in [0.15, 0.2) is 24.3 Å². The molecule has 0 aliphatic carbocycles. The lowest BCUT2D eigenvalue weighted by Crippen LogP contribution is -2.18. The highest BCUT2D eigenvalue weighted by Gasteiger charge is 2.17. The number of hydrogen-bond donors (Lipinski definition) is 1. The Morgan fingerprint density at radius 2 is 2.06 bits per heavy atom. The number of halogens is 1. The van der Waals surface area contributed by atoms with Gasteiger partial charge in [0.15, 0.2) is 0 Å². The Hall–Kier alpha value is -1.06. The van der Waals surface area contributed by atoms with Crippen LogP contribution in [0.3, 0.4) is 0 Å². The zero-order valence-electron chi connectivity index (χ0n) is 9.86. The quantitative estimate of drug-likeness (QED) is 0.763. The van der Waals surface area contributed by atoms with Crippen LogP contribution in [-0.4, -0.2) is 24.3 Å². The van der Waals surface area contributed by atoms with Gasteiger partial charge in [0.1, 0.15) is 0 Å². The number of aliphatic carboxylic acids is 1. The molecule has 0 saturated heterocycles. The molecule has 1 aromatic rings. The third-order valence-corrected chi connectivity index (χ3v) is 2.81. The van der Waals surface area contributed by atoms with Gasteiger partial charge in [-0.2, -0.15) is 0 Å². The van der Waals surface area contributed by atoms with Crippen molar-refractivity contribution < 1.29 is 14.6 Å². The summed E-state index contributed by atoms with van der Waals surface area (Å²) in [5, 5.41) is 9.77. The maximum Gasteiger partial charge on any atom is 0.306 e. The number of benzene rings is 1. The van der Waals surface area contributed by atoms with E-state index in [4.69, 9.17) is 21.4 Å². The van der Waals surface area contributed by atoms with E-state index in [1.165, 1.54) is 0 Å². The van der Waals surface area contributed by atoms with Gasteiger partial charge in [0.2, 0.25) is 0 Å². The van der Waals surface area contributed by atoms with E-state index in [-0.39, 0.29) is 0 Å². The minimum absolute atomic E-state index is 0.400. The molecule has 0 bridgehead atoms. The van der Waals surface area contributed by atoms with E-state index in [2.05, 4.69) is 0 Å². The molecule has 0 spiro atoms. The molecule has 0 aromatic heterocycles. The molecule has 0 amide bonds. The Morgan fingerprint density at radius 3 is 2.59 bits per heavy atom. The molecule has 0 fully saturated rings.